The van der Waals surface area contributed by atoms with Crippen molar-refractivity contribution in [2.45, 2.75) is 96.8 Å². The topological polar surface area (TPSA) is 620 Å². The molecule has 6 heterocycles. The Labute approximate surface area is 820 Å². The summed E-state index contributed by atoms with van der Waals surface area (Å²) in [7, 11) is 1.80. The number of aliphatic hydroxyl groups excluding tert-OH is 1. The average Bonchev–Trinajstić information content (AvgIpc) is 0.959. The number of hydrogen-bond donors (Lipinski definition) is 10. The number of aromatic nitrogens is 7. The van der Waals surface area contributed by atoms with Crippen LogP contribution in [-0.4, -0.2) is 152 Å². The van der Waals surface area contributed by atoms with Gasteiger partial charge in [0.05, 0.1) is 102 Å². The van der Waals surface area contributed by atoms with E-state index in [1.165, 1.54) is 30.7 Å². The fourth-order valence-corrected chi connectivity index (χ4v) is 11.1. The molecular formula is C85H93BrClF3N16Na2O24S. The van der Waals surface area contributed by atoms with E-state index in [2.05, 4.69) is 103 Å². The van der Waals surface area contributed by atoms with Crippen molar-refractivity contribution < 1.29 is 188 Å². The maximum atomic E-state index is 12.4. The Morgan fingerprint density at radius 1 is 0.647 bits per heavy atom. The van der Waals surface area contributed by atoms with E-state index < -0.39 is 45.3 Å². The summed E-state index contributed by atoms with van der Waals surface area (Å²) in [4.78, 5) is 70.3. The van der Waals surface area contributed by atoms with Gasteiger partial charge in [0.2, 0.25) is 17.6 Å². The summed E-state index contributed by atoms with van der Waals surface area (Å²) >= 11 is 7.48. The van der Waals surface area contributed by atoms with Crippen LogP contribution in [0.5, 0.6) is 46.0 Å². The first-order chi connectivity index (χ1) is 62.7. The molecule has 0 saturated heterocycles. The van der Waals surface area contributed by atoms with Crippen molar-refractivity contribution in [3.05, 3.63) is 267 Å². The van der Waals surface area contributed by atoms with Gasteiger partial charge >= 0.3 is 86.7 Å². The molecule has 0 saturated carbocycles. The summed E-state index contributed by atoms with van der Waals surface area (Å²) < 4.78 is 113. The first kappa shape index (κ1) is 116. The van der Waals surface area contributed by atoms with Gasteiger partial charge in [-0.2, -0.15) is 47.4 Å². The minimum Gasteiger partial charge on any atom is -1.00 e. The molecule has 0 spiro atoms. The number of amidine groups is 2. The number of nitrogens with zero attached hydrogens (tertiary/aromatic N) is 11. The van der Waals surface area contributed by atoms with Crippen LogP contribution in [0.2, 0.25) is 0 Å². The molecule has 12 rings (SSSR count). The monoisotopic (exact) mass is 1970 g/mol. The number of carbonyl (C=O) groups is 4. The van der Waals surface area contributed by atoms with E-state index in [-0.39, 0.29) is 145 Å². The van der Waals surface area contributed by atoms with Crippen LogP contribution in [-0.2, 0) is 80.3 Å². The number of aromatic hydroxyl groups is 1. The molecule has 48 heteroatoms. The van der Waals surface area contributed by atoms with Gasteiger partial charge in [0.1, 0.15) is 112 Å². The zero-order valence-electron chi connectivity index (χ0n) is 74.0. The van der Waals surface area contributed by atoms with Gasteiger partial charge in [-0.05, 0) is 191 Å². The molecule has 700 valence electrons. The van der Waals surface area contributed by atoms with Crippen molar-refractivity contribution in [2.75, 3.05) is 35.5 Å². The van der Waals surface area contributed by atoms with Gasteiger partial charge in [-0.1, -0.05) is 77.8 Å². The fourth-order valence-electron chi connectivity index (χ4n) is 10.3. The summed E-state index contributed by atoms with van der Waals surface area (Å²) in [5.74, 6) is 6.82. The van der Waals surface area contributed by atoms with E-state index in [0.717, 1.165) is 63.3 Å². The van der Waals surface area contributed by atoms with Crippen LogP contribution in [0, 0.1) is 34.5 Å². The molecule has 2 aliphatic carbocycles. The first-order valence-electron chi connectivity index (χ1n) is 38.0. The number of ether oxygens (including phenoxy) is 8. The number of carbonyl (C=O) groups excluding carboxylic acids is 3. The Morgan fingerprint density at radius 3 is 1.40 bits per heavy atom. The van der Waals surface area contributed by atoms with Crippen molar-refractivity contribution in [3.8, 4) is 69.7 Å². The molecular weight excluding hydrogens is 1880 g/mol. The van der Waals surface area contributed by atoms with E-state index in [1.54, 1.807) is 96.3 Å². The Bertz CT molecular complexity index is 5370. The standard InChI is InChI=1S/C18H21N5O5.2C14H15N3O3.C14H12N2O2.C10H13F3O5S.C8H10O2.C6H3BrN2.CH2O3.ClH2NO.2Na.H/c1-9-2-4-11(18(26)27)14(6-9)21-17(25)12(19)7-15-22-16(23-28-15)13-5-3-10(24)8-20-13;2*1-19-11-4-2-10(3-5-11)9-20-12-6-7-13(16-8-12)14(15)17-18;1-17-13-5-2-11(3-6-13)10-18-14-7-4-12(8-15)16-9-14;1-6-3-4-7(9(14)17-2)8(5-6)18-19(15,16)10(11,12)13;1-10-8-4-2-7(6-9)3-5-8;7-5-1-2-6(3-8)9-4-5;2-1-4-3;1-3-2;;;/h3,5,8-9,12,24H,2,4,6-7,19H2,1H3,(H,21,25)(H,26,27);2*2-8,18H,9H2,1H3,(H2,15,17);2-7,9H,10H2,1H3;6H,3-5H2,1-2H3;2-5,9H,6H2,1H3;1-2,4H;1,3H;2H2;;;/q;;;;;;;;;2*+1;-1/p-1. The molecule has 40 nitrogen and oxygen atoms in total. The molecule has 3 atom stereocenters. The van der Waals surface area contributed by atoms with Crippen LogP contribution in [0.15, 0.2) is 231 Å². The zero-order chi connectivity index (χ0) is 96.9. The van der Waals surface area contributed by atoms with Gasteiger partial charge in [-0.25, -0.2) is 34.5 Å². The van der Waals surface area contributed by atoms with Gasteiger partial charge in [0, 0.05) is 22.8 Å². The summed E-state index contributed by atoms with van der Waals surface area (Å²) in [6.45, 7) is 4.93. The summed E-state index contributed by atoms with van der Waals surface area (Å²) in [6.07, 6.45) is 9.70. The predicted molar refractivity (Wildman–Crippen MR) is 464 cm³/mol. The van der Waals surface area contributed by atoms with Crippen molar-refractivity contribution >= 4 is 73.9 Å². The van der Waals surface area contributed by atoms with E-state index in [0.29, 0.717) is 90.5 Å². The van der Waals surface area contributed by atoms with Crippen LogP contribution in [0.4, 0.5) is 13.2 Å². The van der Waals surface area contributed by atoms with Crippen LogP contribution in [0.1, 0.15) is 105 Å². The second-order valence-corrected chi connectivity index (χ2v) is 29.1. The number of benzene rings is 4. The normalized spacial score (nSPS) is 13.0. The minimum absolute atomic E-state index is 0. The molecule has 0 radical (unpaired) electrons. The first-order valence-corrected chi connectivity index (χ1v) is 40.5. The average molecular weight is 1970 g/mol. The Kier molecular flexibility index (Phi) is 55.3. The number of nitriles is 2. The number of amides is 1. The predicted octanol–water partition coefficient (Wildman–Crippen LogP) is 4.64. The number of alkyl halides is 3. The number of hydrogen-bond acceptors (Lipinski definition) is 36. The van der Waals surface area contributed by atoms with Crippen LogP contribution in [0.25, 0.3) is 11.5 Å². The smallest absolute Gasteiger partial charge is 1.00 e. The van der Waals surface area contributed by atoms with Crippen molar-refractivity contribution in [3.63, 3.8) is 0 Å². The Balaban J connectivity index is 0.000000785. The number of nitrogens with two attached hydrogens (primary N) is 4. The zero-order valence-corrected chi connectivity index (χ0v) is 80.2. The molecule has 0 fully saturated rings. The number of aliphatic carboxylic acids is 1. The number of pyridine rings is 5. The van der Waals surface area contributed by atoms with Crippen molar-refractivity contribution in [2.24, 2.45) is 45.2 Å². The molecule has 0 aliphatic heterocycles. The van der Waals surface area contributed by atoms with E-state index in [9.17, 15) is 46.2 Å². The Hall–Kier alpha value is -12.8. The summed E-state index contributed by atoms with van der Waals surface area (Å²) in [5.41, 5.74) is 17.7. The second-order valence-electron chi connectivity index (χ2n) is 26.4. The molecule has 4 aromatic carbocycles. The quantitative estimate of drug-likeness (QED) is 0.00337. The number of methoxy groups -OCH3 is 5. The van der Waals surface area contributed by atoms with Crippen LogP contribution >= 0.6 is 27.8 Å². The SMILES string of the molecule is CC1CCC(C(=O)O)=C(NC(=O)C(N)Cc2nc(-c3ccc(O)cn3)no2)C1.COC(=O)C1=C(OS(=O)(=O)C(F)(F)F)CC(C)CC1.COc1ccc(CO)cc1.COc1ccc(COc2ccc(/C(N)=N\O)nc2)cc1.COc1ccc(COc2ccc(/C(N)=N\O)nc2)cc1.COc1ccc(COc2ccc(C#N)nc2)cc1.N#Cc1ccc(Br)cn1.NOCl.O=CO[O-].[H-].[Na+].[Na+]. The number of carboxylic acids is 1. The van der Waals surface area contributed by atoms with E-state index in [1.807, 2.05) is 116 Å². The largest absolute Gasteiger partial charge is 1.00 e. The van der Waals surface area contributed by atoms with Gasteiger partial charge in [0.15, 0.2) is 11.7 Å². The number of aliphatic hydroxyl groups is 1. The van der Waals surface area contributed by atoms with Gasteiger partial charge in [-0.15, -0.1) is 0 Å². The number of oxime groups is 2. The molecule has 14 N–H and O–H groups in total. The van der Waals surface area contributed by atoms with Crippen LogP contribution in [0.3, 0.4) is 0 Å². The maximum absolute atomic E-state index is 12.4. The maximum Gasteiger partial charge on any atom is 1.00 e. The van der Waals surface area contributed by atoms with E-state index in [4.69, 9.17) is 91.0 Å². The second kappa shape index (κ2) is 63.3. The van der Waals surface area contributed by atoms with Crippen LogP contribution < -0.4 is 126 Å². The molecule has 3 unspecified atom stereocenters. The van der Waals surface area contributed by atoms with Gasteiger partial charge in [-0.3, -0.25) is 9.59 Å². The van der Waals surface area contributed by atoms with E-state index >= 15 is 0 Å². The third-order valence-corrected chi connectivity index (χ3v) is 18.6. The number of carboxylic acid groups (broad SMARTS) is 1. The number of rotatable bonds is 26. The van der Waals surface area contributed by atoms with Gasteiger partial charge in [0.25, 0.3) is 6.47 Å². The minimum atomic E-state index is -5.76. The summed E-state index contributed by atoms with van der Waals surface area (Å²) in [6, 6.07) is 49.5. The van der Waals surface area contributed by atoms with Crippen molar-refractivity contribution in [1.29, 1.82) is 10.5 Å². The molecule has 1 amide bonds. The molecule has 2 aliphatic rings. The number of esters is 1. The number of allylic oxidation sites excluding steroid dienone is 2. The fraction of sp³-hybridized carbons (Fsp3) is 0.259. The van der Waals surface area contributed by atoms with Gasteiger partial charge < -0.3 is 106 Å². The molecule has 10 aromatic rings. The third kappa shape index (κ3) is 43.4. The molecule has 0 bridgehead atoms. The third-order valence-electron chi connectivity index (χ3n) is 17.2. The molecule has 133 heavy (non-hydrogen) atoms. The summed E-state index contributed by atoms with van der Waals surface area (Å²) in [5, 5.41) is 81.8. The Morgan fingerprint density at radius 2 is 1.05 bits per heavy atom. The van der Waals surface area contributed by atoms with Crippen molar-refractivity contribution in [1.82, 2.24) is 40.4 Å². The molecule has 6 aromatic heterocycles. The number of nitrogens with one attached hydrogen (secondary N) is 1. The number of halogens is 5.